The molecule has 2 heterocycles. The molecule has 2 aromatic carbocycles. The Balaban J connectivity index is 1.51. The van der Waals surface area contributed by atoms with Crippen LogP contribution in [0.1, 0.15) is 28.8 Å². The zero-order valence-electron chi connectivity index (χ0n) is 20.5. The Kier molecular flexibility index (Phi) is 8.25. The third-order valence-electron chi connectivity index (χ3n) is 6.97. The van der Waals surface area contributed by atoms with E-state index in [4.69, 9.17) is 0 Å². The quantitative estimate of drug-likeness (QED) is 0.386. The summed E-state index contributed by atoms with van der Waals surface area (Å²) in [4.78, 5) is 40.1. The fraction of sp³-hybridized carbons (Fsp3) is 0.423. The van der Waals surface area contributed by atoms with E-state index in [1.165, 1.54) is 12.1 Å². The number of carbonyl (C=O) groups is 3. The lowest BCUT2D eigenvalue weighted by Crippen LogP contribution is -2.62. The largest absolute Gasteiger partial charge is 0.480 e. The topological polar surface area (TPSA) is 145 Å². The number of rotatable bonds is 8. The lowest BCUT2D eigenvalue weighted by Gasteiger charge is -2.36. The molecule has 4 rings (SSSR count). The van der Waals surface area contributed by atoms with Gasteiger partial charge in [-0.15, -0.1) is 0 Å². The molecule has 1 unspecified atom stereocenters. The van der Waals surface area contributed by atoms with Crippen molar-refractivity contribution in [2.75, 3.05) is 39.3 Å². The summed E-state index contributed by atoms with van der Waals surface area (Å²) in [6, 6.07) is 13.0. The van der Waals surface area contributed by atoms with Crippen molar-refractivity contribution in [3.05, 3.63) is 65.7 Å². The van der Waals surface area contributed by atoms with Gasteiger partial charge in [0.25, 0.3) is 5.91 Å². The normalized spacial score (nSPS) is 21.1. The molecule has 10 nitrogen and oxygen atoms in total. The molecule has 2 saturated heterocycles. The minimum atomic E-state index is -4.11. The average Bonchev–Trinajstić information content (AvgIpc) is 2.93. The van der Waals surface area contributed by atoms with Gasteiger partial charge in [0.2, 0.25) is 5.91 Å². The number of piperidine rings is 1. The first-order valence-electron chi connectivity index (χ1n) is 12.4. The number of hydrogen-bond acceptors (Lipinski definition) is 7. The van der Waals surface area contributed by atoms with E-state index in [1.807, 2.05) is 0 Å². The summed E-state index contributed by atoms with van der Waals surface area (Å²) in [6.45, 7) is 3.18. The summed E-state index contributed by atoms with van der Waals surface area (Å²) in [5.74, 6) is -2.19. The van der Waals surface area contributed by atoms with Crippen LogP contribution in [0.3, 0.4) is 0 Å². The molecule has 2 amide bonds. The number of nitrogens with zero attached hydrogens (tertiary/aromatic N) is 1. The molecule has 0 saturated carbocycles. The molecule has 0 aliphatic carbocycles. The van der Waals surface area contributed by atoms with Crippen molar-refractivity contribution in [2.24, 2.45) is 0 Å². The Morgan fingerprint density at radius 2 is 1.65 bits per heavy atom. The van der Waals surface area contributed by atoms with Crippen molar-refractivity contribution >= 4 is 27.6 Å². The summed E-state index contributed by atoms with van der Waals surface area (Å²) < 4.78 is 25.4. The molecule has 37 heavy (non-hydrogen) atoms. The van der Waals surface area contributed by atoms with E-state index in [9.17, 15) is 27.9 Å². The van der Waals surface area contributed by atoms with E-state index in [1.54, 1.807) is 47.4 Å². The third kappa shape index (κ3) is 5.68. The molecule has 2 atom stereocenters. The van der Waals surface area contributed by atoms with Gasteiger partial charge in [0.1, 0.15) is 6.04 Å². The number of aliphatic carboxylic acids is 1. The Labute approximate surface area is 216 Å². The molecule has 0 bridgehead atoms. The van der Waals surface area contributed by atoms with Gasteiger partial charge in [-0.3, -0.25) is 9.59 Å². The molecular formula is C26H32N4O6S. The Hall–Kier alpha value is -3.28. The first-order valence-corrected chi connectivity index (χ1v) is 13.9. The van der Waals surface area contributed by atoms with E-state index < -0.39 is 32.5 Å². The van der Waals surface area contributed by atoms with Crippen LogP contribution in [0.15, 0.2) is 59.5 Å². The molecule has 198 valence electrons. The van der Waals surface area contributed by atoms with Crippen LogP contribution < -0.4 is 16.0 Å². The van der Waals surface area contributed by atoms with E-state index in [0.29, 0.717) is 37.2 Å². The third-order valence-corrected chi connectivity index (χ3v) is 9.43. The summed E-state index contributed by atoms with van der Waals surface area (Å²) in [5.41, 5.74) is 1.11. The van der Waals surface area contributed by atoms with E-state index in [0.717, 1.165) is 13.1 Å². The van der Waals surface area contributed by atoms with Crippen LogP contribution in [0.4, 0.5) is 0 Å². The summed E-state index contributed by atoms with van der Waals surface area (Å²) in [5, 5.41) is 18.6. The maximum Gasteiger partial charge on any atom is 0.326 e. The smallest absolute Gasteiger partial charge is 0.326 e. The van der Waals surface area contributed by atoms with Crippen molar-refractivity contribution < 1.29 is 27.9 Å². The van der Waals surface area contributed by atoms with Crippen LogP contribution >= 0.6 is 0 Å². The molecular weight excluding hydrogens is 496 g/mol. The van der Waals surface area contributed by atoms with Crippen molar-refractivity contribution in [2.45, 2.75) is 34.9 Å². The number of piperazine rings is 1. The predicted molar refractivity (Wildman–Crippen MR) is 137 cm³/mol. The fourth-order valence-corrected chi connectivity index (χ4v) is 6.78. The Morgan fingerprint density at radius 3 is 2.24 bits per heavy atom. The summed E-state index contributed by atoms with van der Waals surface area (Å²) in [6.07, 6.45) is 0.482. The monoisotopic (exact) mass is 528 g/mol. The Bertz CT molecular complexity index is 1220. The minimum Gasteiger partial charge on any atom is -0.480 e. The number of nitrogens with one attached hydrogen (secondary N) is 3. The van der Waals surface area contributed by atoms with Gasteiger partial charge in [-0.25, -0.2) is 13.2 Å². The molecule has 2 fully saturated rings. The van der Waals surface area contributed by atoms with Crippen LogP contribution in [0.2, 0.25) is 0 Å². The molecule has 0 aromatic heterocycles. The van der Waals surface area contributed by atoms with Gasteiger partial charge in [0.15, 0.2) is 14.6 Å². The maximum atomic E-state index is 13.6. The highest BCUT2D eigenvalue weighted by atomic mass is 32.2. The molecule has 11 heteroatoms. The lowest BCUT2D eigenvalue weighted by molar-refractivity contribution is -0.142. The highest BCUT2D eigenvalue weighted by Crippen LogP contribution is 2.32. The number of hydrogen-bond donors (Lipinski definition) is 4. The molecule has 4 N–H and O–H groups in total. The molecule has 0 spiro atoms. The molecule has 2 aliphatic rings. The SMILES string of the molecule is O=C(O)[C@H](Cc1ccc(C(=O)N2CCNCC2)cc1)NC(=O)C1(S(=O)(=O)c2ccccc2)CCCNC1. The van der Waals surface area contributed by atoms with Gasteiger partial charge >= 0.3 is 5.97 Å². The maximum absolute atomic E-state index is 13.6. The van der Waals surface area contributed by atoms with Gasteiger partial charge in [-0.2, -0.15) is 0 Å². The highest BCUT2D eigenvalue weighted by Gasteiger charge is 2.52. The summed E-state index contributed by atoms with van der Waals surface area (Å²) >= 11 is 0. The van der Waals surface area contributed by atoms with Crippen molar-refractivity contribution in [1.29, 1.82) is 0 Å². The van der Waals surface area contributed by atoms with Crippen LogP contribution in [-0.4, -0.2) is 86.3 Å². The first kappa shape index (κ1) is 26.8. The number of benzene rings is 2. The van der Waals surface area contributed by atoms with Crippen molar-refractivity contribution in [3.63, 3.8) is 0 Å². The van der Waals surface area contributed by atoms with Crippen LogP contribution in [0.5, 0.6) is 0 Å². The van der Waals surface area contributed by atoms with Crippen molar-refractivity contribution in [3.8, 4) is 0 Å². The zero-order valence-corrected chi connectivity index (χ0v) is 21.3. The molecule has 0 radical (unpaired) electrons. The van der Waals surface area contributed by atoms with Gasteiger partial charge in [0.05, 0.1) is 4.90 Å². The van der Waals surface area contributed by atoms with Gasteiger partial charge in [-0.1, -0.05) is 30.3 Å². The van der Waals surface area contributed by atoms with E-state index in [2.05, 4.69) is 16.0 Å². The van der Waals surface area contributed by atoms with E-state index in [-0.39, 0.29) is 30.2 Å². The Morgan fingerprint density at radius 1 is 0.973 bits per heavy atom. The first-order chi connectivity index (χ1) is 17.7. The average molecular weight is 529 g/mol. The lowest BCUT2D eigenvalue weighted by atomic mass is 9.96. The number of carboxylic acid groups (broad SMARTS) is 1. The van der Waals surface area contributed by atoms with Gasteiger partial charge in [0, 0.05) is 44.7 Å². The number of carboxylic acids is 1. The number of amides is 2. The molecule has 2 aromatic rings. The van der Waals surface area contributed by atoms with Crippen LogP contribution in [0, 0.1) is 0 Å². The van der Waals surface area contributed by atoms with Crippen molar-refractivity contribution in [1.82, 2.24) is 20.9 Å². The minimum absolute atomic E-state index is 0.0190. The number of sulfone groups is 1. The number of carbonyl (C=O) groups excluding carboxylic acids is 2. The fourth-order valence-electron chi connectivity index (χ4n) is 4.81. The van der Waals surface area contributed by atoms with E-state index >= 15 is 0 Å². The van der Waals surface area contributed by atoms with Crippen LogP contribution in [-0.2, 0) is 25.8 Å². The second-order valence-electron chi connectivity index (χ2n) is 9.40. The van der Waals surface area contributed by atoms with Gasteiger partial charge in [-0.05, 0) is 49.2 Å². The molecule has 2 aliphatic heterocycles. The highest BCUT2D eigenvalue weighted by molar-refractivity contribution is 7.93. The second-order valence-corrected chi connectivity index (χ2v) is 11.7. The van der Waals surface area contributed by atoms with Crippen LogP contribution in [0.25, 0.3) is 0 Å². The summed E-state index contributed by atoms with van der Waals surface area (Å²) in [7, 11) is -4.11. The standard InChI is InChI=1S/C26H32N4O6S/c31-23(30-15-13-27-14-16-30)20-9-7-19(8-10-20)17-22(24(32)33)29-25(34)26(11-4-12-28-18-26)37(35,36)21-5-2-1-3-6-21/h1-3,5-10,22,27-28H,4,11-18H2,(H,29,34)(H,32,33)/t22-,26?/m0/s1. The van der Waals surface area contributed by atoms with Gasteiger partial charge < -0.3 is 26.0 Å². The zero-order chi connectivity index (χ0) is 26.5. The second kappa shape index (κ2) is 11.4. The predicted octanol–water partition coefficient (Wildman–Crippen LogP) is 0.440.